The Kier molecular flexibility index (Phi) is 8.46. The summed E-state index contributed by atoms with van der Waals surface area (Å²) >= 11 is 0. The molecule has 0 atom stereocenters. The number of carbonyl (C=O) groups is 2. The van der Waals surface area contributed by atoms with Gasteiger partial charge in [-0.25, -0.2) is 4.68 Å². The van der Waals surface area contributed by atoms with Crippen molar-refractivity contribution in [3.8, 4) is 0 Å². The molecule has 0 spiro atoms. The van der Waals surface area contributed by atoms with Crippen LogP contribution < -0.4 is 5.32 Å². The number of hydrogen-bond donors (Lipinski definition) is 1. The summed E-state index contributed by atoms with van der Waals surface area (Å²) in [7, 11) is 0. The molecule has 1 aromatic carbocycles. The average Bonchev–Trinajstić information content (AvgIpc) is 3.16. The Hall–Kier alpha value is -3.05. The first-order chi connectivity index (χ1) is 16.6. The monoisotopic (exact) mass is 534 g/mol. The highest BCUT2D eigenvalue weighted by atomic mass is 19.4. The van der Waals surface area contributed by atoms with E-state index in [1.165, 1.54) is 0 Å². The van der Waals surface area contributed by atoms with Crippen molar-refractivity contribution < 1.29 is 35.9 Å². The molecule has 1 aromatic heterocycles. The zero-order valence-corrected chi connectivity index (χ0v) is 21.9. The predicted octanol–water partition coefficient (Wildman–Crippen LogP) is 6.46. The Morgan fingerprint density at radius 1 is 0.892 bits per heavy atom. The number of alkyl halides is 6. The van der Waals surface area contributed by atoms with E-state index in [0.717, 1.165) is 4.90 Å². The van der Waals surface area contributed by atoms with E-state index < -0.39 is 52.9 Å². The lowest BCUT2D eigenvalue weighted by Crippen LogP contribution is -2.39. The molecule has 12 heteroatoms. The van der Waals surface area contributed by atoms with E-state index in [-0.39, 0.29) is 18.0 Å². The molecule has 0 unspecified atom stereocenters. The van der Waals surface area contributed by atoms with Gasteiger partial charge in [0.2, 0.25) is 5.91 Å². The molecule has 37 heavy (non-hydrogen) atoms. The molecule has 206 valence electrons. The van der Waals surface area contributed by atoms with Crippen LogP contribution in [0, 0.1) is 0 Å². The van der Waals surface area contributed by atoms with Gasteiger partial charge in [-0.3, -0.25) is 9.59 Å². The van der Waals surface area contributed by atoms with E-state index in [1.54, 1.807) is 17.7 Å². The van der Waals surface area contributed by atoms with Gasteiger partial charge in [-0.2, -0.15) is 31.4 Å². The Morgan fingerprint density at radius 2 is 1.41 bits per heavy atom. The van der Waals surface area contributed by atoms with Gasteiger partial charge in [0.1, 0.15) is 12.4 Å². The largest absolute Gasteiger partial charge is 0.416 e. The Balaban J connectivity index is 2.40. The van der Waals surface area contributed by atoms with Gasteiger partial charge in [0.15, 0.2) is 0 Å². The molecular weight excluding hydrogens is 502 g/mol. The number of nitrogens with zero attached hydrogens (tertiary/aromatic N) is 3. The zero-order valence-electron chi connectivity index (χ0n) is 21.9. The summed E-state index contributed by atoms with van der Waals surface area (Å²) in [5.74, 6) is -1.44. The maximum absolute atomic E-state index is 13.3. The molecule has 2 rings (SSSR count). The van der Waals surface area contributed by atoms with Crippen molar-refractivity contribution >= 4 is 17.6 Å². The standard InChI is InChI=1S/C25H32F6N4O2/c1-8-9-34(21(37)15-10-16(24(26,27)28)12-17(11-15)25(29,30)31)14-20(36)32-19-13-18(22(2,3)4)33-35(19)23(5,6)7/h10-13H,8-9,14H2,1-7H3,(H,32,36). The van der Waals surface area contributed by atoms with Crippen molar-refractivity contribution in [3.63, 3.8) is 0 Å². The number of carbonyl (C=O) groups excluding carboxylic acids is 2. The van der Waals surface area contributed by atoms with Gasteiger partial charge in [-0.05, 0) is 45.4 Å². The third kappa shape index (κ3) is 7.72. The van der Waals surface area contributed by atoms with Crippen molar-refractivity contribution in [2.45, 2.75) is 78.2 Å². The zero-order chi connectivity index (χ0) is 28.6. The minimum atomic E-state index is -5.10. The average molecular weight is 535 g/mol. The van der Waals surface area contributed by atoms with E-state index in [1.807, 2.05) is 41.5 Å². The lowest BCUT2D eigenvalue weighted by atomic mass is 9.92. The number of halogens is 6. The number of nitrogens with one attached hydrogen (secondary N) is 1. The van der Waals surface area contributed by atoms with Crippen LogP contribution in [0.4, 0.5) is 32.2 Å². The first kappa shape index (κ1) is 30.2. The van der Waals surface area contributed by atoms with Gasteiger partial charge < -0.3 is 10.2 Å². The van der Waals surface area contributed by atoms with Crippen LogP contribution in [0.1, 0.15) is 82.1 Å². The summed E-state index contributed by atoms with van der Waals surface area (Å²) in [5, 5.41) is 7.26. The number of amides is 2. The molecule has 0 aliphatic heterocycles. The third-order valence-electron chi connectivity index (χ3n) is 5.33. The Labute approximate surface area is 212 Å². The highest BCUT2D eigenvalue weighted by Gasteiger charge is 2.38. The van der Waals surface area contributed by atoms with E-state index >= 15 is 0 Å². The summed E-state index contributed by atoms with van der Waals surface area (Å²) in [6.45, 7) is 12.5. The minimum absolute atomic E-state index is 0.0475. The van der Waals surface area contributed by atoms with Gasteiger partial charge in [0.25, 0.3) is 5.91 Å². The van der Waals surface area contributed by atoms with Crippen LogP contribution in [-0.2, 0) is 28.1 Å². The van der Waals surface area contributed by atoms with Crippen LogP contribution in [0.15, 0.2) is 24.3 Å². The first-order valence-electron chi connectivity index (χ1n) is 11.6. The molecule has 0 saturated heterocycles. The molecule has 0 saturated carbocycles. The van der Waals surface area contributed by atoms with E-state index in [2.05, 4.69) is 10.4 Å². The lowest BCUT2D eigenvalue weighted by Gasteiger charge is -2.25. The summed E-state index contributed by atoms with van der Waals surface area (Å²) in [4.78, 5) is 26.9. The Morgan fingerprint density at radius 3 is 1.81 bits per heavy atom. The number of anilines is 1. The van der Waals surface area contributed by atoms with Crippen LogP contribution in [0.25, 0.3) is 0 Å². The van der Waals surface area contributed by atoms with Gasteiger partial charge >= 0.3 is 12.4 Å². The van der Waals surface area contributed by atoms with E-state index in [9.17, 15) is 35.9 Å². The van der Waals surface area contributed by atoms with Crippen LogP contribution >= 0.6 is 0 Å². The molecule has 2 amide bonds. The van der Waals surface area contributed by atoms with Crippen LogP contribution in [0.5, 0.6) is 0 Å². The topological polar surface area (TPSA) is 67.2 Å². The molecule has 0 fully saturated rings. The van der Waals surface area contributed by atoms with Crippen molar-refractivity contribution in [2.24, 2.45) is 0 Å². The summed E-state index contributed by atoms with van der Waals surface area (Å²) in [6.07, 6.45) is -9.88. The second-order valence-corrected chi connectivity index (χ2v) is 10.8. The molecule has 6 nitrogen and oxygen atoms in total. The lowest BCUT2D eigenvalue weighted by molar-refractivity contribution is -0.143. The van der Waals surface area contributed by atoms with Crippen LogP contribution in [0.2, 0.25) is 0 Å². The number of hydrogen-bond acceptors (Lipinski definition) is 3. The van der Waals surface area contributed by atoms with Crippen molar-refractivity contribution in [3.05, 3.63) is 46.6 Å². The highest BCUT2D eigenvalue weighted by molar-refractivity contribution is 5.99. The van der Waals surface area contributed by atoms with Gasteiger partial charge in [-0.15, -0.1) is 0 Å². The van der Waals surface area contributed by atoms with Crippen molar-refractivity contribution in [1.29, 1.82) is 0 Å². The highest BCUT2D eigenvalue weighted by Crippen LogP contribution is 2.36. The molecule has 0 radical (unpaired) electrons. The normalized spacial score (nSPS) is 13.0. The van der Waals surface area contributed by atoms with Gasteiger partial charge in [0, 0.05) is 23.6 Å². The number of rotatable bonds is 6. The first-order valence-corrected chi connectivity index (χ1v) is 11.6. The summed E-state index contributed by atoms with van der Waals surface area (Å²) in [6, 6.07) is 2.37. The maximum Gasteiger partial charge on any atom is 0.416 e. The van der Waals surface area contributed by atoms with Crippen LogP contribution in [0.3, 0.4) is 0 Å². The van der Waals surface area contributed by atoms with Crippen molar-refractivity contribution in [2.75, 3.05) is 18.4 Å². The molecular formula is C25H32F6N4O2. The molecule has 0 bridgehead atoms. The fourth-order valence-corrected chi connectivity index (χ4v) is 3.49. The fourth-order valence-electron chi connectivity index (χ4n) is 3.49. The number of aromatic nitrogens is 2. The van der Waals surface area contributed by atoms with Gasteiger partial charge in [0.05, 0.1) is 22.4 Å². The minimum Gasteiger partial charge on any atom is -0.329 e. The summed E-state index contributed by atoms with van der Waals surface area (Å²) in [5.41, 5.74) is -4.16. The number of benzene rings is 1. The van der Waals surface area contributed by atoms with E-state index in [4.69, 9.17) is 0 Å². The predicted molar refractivity (Wildman–Crippen MR) is 127 cm³/mol. The van der Waals surface area contributed by atoms with Gasteiger partial charge in [-0.1, -0.05) is 27.7 Å². The van der Waals surface area contributed by atoms with Crippen molar-refractivity contribution in [1.82, 2.24) is 14.7 Å². The third-order valence-corrected chi connectivity index (χ3v) is 5.33. The maximum atomic E-state index is 13.3. The van der Waals surface area contributed by atoms with E-state index in [0.29, 0.717) is 30.1 Å². The molecule has 0 aliphatic rings. The molecule has 0 aliphatic carbocycles. The second kappa shape index (κ2) is 10.4. The fraction of sp³-hybridized carbons (Fsp3) is 0.560. The quantitative estimate of drug-likeness (QED) is 0.433. The molecule has 1 N–H and O–H groups in total. The summed E-state index contributed by atoms with van der Waals surface area (Å²) < 4.78 is 81.1. The molecule has 2 aromatic rings. The smallest absolute Gasteiger partial charge is 0.329 e. The SMILES string of the molecule is CCCN(CC(=O)Nc1cc(C(C)(C)C)nn1C(C)(C)C)C(=O)c1cc(C(F)(F)F)cc(C(F)(F)F)c1. The second-order valence-electron chi connectivity index (χ2n) is 10.8. The van der Waals surface area contributed by atoms with Crippen LogP contribution in [-0.4, -0.2) is 39.6 Å². The molecule has 1 heterocycles. The Bertz CT molecular complexity index is 1110.